The molecule has 2 aromatic carbocycles. The van der Waals surface area contributed by atoms with Crippen LogP contribution < -0.4 is 4.72 Å². The zero-order valence-electron chi connectivity index (χ0n) is 13.5. The van der Waals surface area contributed by atoms with Gasteiger partial charge in [0.1, 0.15) is 6.33 Å². The Hall–Kier alpha value is -1.84. The maximum Gasteiger partial charge on any atom is 0.261 e. The number of benzene rings is 2. The average molecular weight is 439 g/mol. The van der Waals surface area contributed by atoms with Crippen molar-refractivity contribution < 1.29 is 8.42 Å². The molecule has 25 heavy (non-hydrogen) atoms. The zero-order valence-corrected chi connectivity index (χ0v) is 16.7. The van der Waals surface area contributed by atoms with Gasteiger partial charge < -0.3 is 4.57 Å². The molecule has 0 atom stereocenters. The van der Waals surface area contributed by atoms with Crippen molar-refractivity contribution in [3.63, 3.8) is 0 Å². The molecule has 0 saturated heterocycles. The first-order chi connectivity index (χ1) is 11.9. The van der Waals surface area contributed by atoms with Crippen molar-refractivity contribution in [1.29, 1.82) is 0 Å². The van der Waals surface area contributed by atoms with Crippen LogP contribution in [0.1, 0.15) is 5.56 Å². The summed E-state index contributed by atoms with van der Waals surface area (Å²) in [6, 6.07) is 12.1. The lowest BCUT2D eigenvalue weighted by atomic mass is 10.2. The van der Waals surface area contributed by atoms with Crippen LogP contribution in [-0.4, -0.2) is 23.2 Å². The molecule has 0 saturated carbocycles. The highest BCUT2D eigenvalue weighted by Crippen LogP contribution is 2.33. The van der Waals surface area contributed by atoms with Gasteiger partial charge in [-0.25, -0.2) is 8.42 Å². The average Bonchev–Trinajstić information content (AvgIpc) is 2.96. The highest BCUT2D eigenvalue weighted by atomic mass is 79.9. The summed E-state index contributed by atoms with van der Waals surface area (Å²) in [6.45, 7) is 1.85. The zero-order chi connectivity index (χ0) is 18.0. The Morgan fingerprint density at radius 1 is 1.20 bits per heavy atom. The van der Waals surface area contributed by atoms with Gasteiger partial charge in [0.15, 0.2) is 5.16 Å². The van der Waals surface area contributed by atoms with E-state index in [0.717, 1.165) is 14.9 Å². The number of sulfonamides is 1. The molecule has 0 unspecified atom stereocenters. The lowest BCUT2D eigenvalue weighted by Crippen LogP contribution is -2.13. The third-order valence-corrected chi connectivity index (χ3v) is 6.82. The minimum absolute atomic E-state index is 0.215. The SMILES string of the molecule is Cc1cc(S(=O)(=O)Nc2ccccc2Sc2nncn2C)ccc1Br. The van der Waals surface area contributed by atoms with E-state index in [-0.39, 0.29) is 4.90 Å². The summed E-state index contributed by atoms with van der Waals surface area (Å²) in [5.74, 6) is 0. The predicted molar refractivity (Wildman–Crippen MR) is 101 cm³/mol. The molecule has 0 fully saturated rings. The minimum Gasteiger partial charge on any atom is -0.311 e. The van der Waals surface area contributed by atoms with Gasteiger partial charge in [-0.3, -0.25) is 4.72 Å². The normalized spacial score (nSPS) is 11.5. The number of nitrogens with zero attached hydrogens (tertiary/aromatic N) is 3. The van der Waals surface area contributed by atoms with Crippen molar-refractivity contribution in [3.8, 4) is 0 Å². The van der Waals surface area contributed by atoms with Crippen molar-refractivity contribution >= 4 is 43.4 Å². The van der Waals surface area contributed by atoms with Gasteiger partial charge in [-0.1, -0.05) is 28.1 Å². The summed E-state index contributed by atoms with van der Waals surface area (Å²) < 4.78 is 30.7. The molecule has 1 heterocycles. The largest absolute Gasteiger partial charge is 0.311 e. The fourth-order valence-corrected chi connectivity index (χ4v) is 4.42. The Balaban J connectivity index is 1.92. The number of hydrogen-bond donors (Lipinski definition) is 1. The number of hydrogen-bond acceptors (Lipinski definition) is 5. The first kappa shape index (κ1) is 18.0. The van der Waals surface area contributed by atoms with Gasteiger partial charge in [0.05, 0.1) is 10.6 Å². The van der Waals surface area contributed by atoms with Crippen molar-refractivity contribution in [2.24, 2.45) is 7.05 Å². The second kappa shape index (κ2) is 7.19. The van der Waals surface area contributed by atoms with E-state index in [0.29, 0.717) is 10.8 Å². The van der Waals surface area contributed by atoms with E-state index in [1.165, 1.54) is 11.8 Å². The molecule has 0 aliphatic carbocycles. The van der Waals surface area contributed by atoms with E-state index in [1.54, 1.807) is 41.2 Å². The summed E-state index contributed by atoms with van der Waals surface area (Å²) in [6.07, 6.45) is 1.60. The van der Waals surface area contributed by atoms with Gasteiger partial charge in [0.25, 0.3) is 10.0 Å². The summed E-state index contributed by atoms with van der Waals surface area (Å²) in [7, 11) is -1.86. The van der Waals surface area contributed by atoms with Crippen LogP contribution in [0.3, 0.4) is 0 Å². The second-order valence-corrected chi connectivity index (χ2v) is 8.88. The summed E-state index contributed by atoms with van der Waals surface area (Å²) in [5, 5.41) is 8.53. The molecule has 0 bridgehead atoms. The van der Waals surface area contributed by atoms with Gasteiger partial charge in [-0.15, -0.1) is 10.2 Å². The quantitative estimate of drug-likeness (QED) is 0.654. The first-order valence-electron chi connectivity index (χ1n) is 7.27. The van der Waals surface area contributed by atoms with Crippen LogP contribution in [0, 0.1) is 6.92 Å². The number of nitrogens with one attached hydrogen (secondary N) is 1. The van der Waals surface area contributed by atoms with Crippen LogP contribution in [0.2, 0.25) is 0 Å². The van der Waals surface area contributed by atoms with Gasteiger partial charge in [-0.05, 0) is 54.6 Å². The molecule has 0 aliphatic heterocycles. The van der Waals surface area contributed by atoms with Crippen LogP contribution in [0.25, 0.3) is 0 Å². The van der Waals surface area contributed by atoms with Gasteiger partial charge in [0.2, 0.25) is 0 Å². The molecule has 1 aromatic heterocycles. The molecule has 0 spiro atoms. The molecule has 0 radical (unpaired) electrons. The summed E-state index contributed by atoms with van der Waals surface area (Å²) >= 11 is 4.72. The van der Waals surface area contributed by atoms with Crippen molar-refractivity contribution in [3.05, 3.63) is 58.8 Å². The highest BCUT2D eigenvalue weighted by Gasteiger charge is 2.18. The predicted octanol–water partition coefficient (Wildman–Crippen LogP) is 3.84. The minimum atomic E-state index is -3.69. The van der Waals surface area contributed by atoms with E-state index in [9.17, 15) is 8.42 Å². The van der Waals surface area contributed by atoms with Gasteiger partial charge in [0, 0.05) is 16.4 Å². The van der Waals surface area contributed by atoms with Crippen LogP contribution in [0.15, 0.2) is 68.2 Å². The third-order valence-electron chi connectivity index (χ3n) is 3.44. The third kappa shape index (κ3) is 4.05. The van der Waals surface area contributed by atoms with E-state index in [4.69, 9.17) is 0 Å². The number of anilines is 1. The van der Waals surface area contributed by atoms with Crippen LogP contribution in [-0.2, 0) is 17.1 Å². The topological polar surface area (TPSA) is 76.9 Å². The van der Waals surface area contributed by atoms with E-state index >= 15 is 0 Å². The van der Waals surface area contributed by atoms with Gasteiger partial charge in [-0.2, -0.15) is 0 Å². The fraction of sp³-hybridized carbons (Fsp3) is 0.125. The molecular weight excluding hydrogens is 424 g/mol. The standard InChI is InChI=1S/C16H15BrN4O2S2/c1-11-9-12(7-8-13(11)17)25(22,23)20-14-5-3-4-6-15(14)24-16-19-18-10-21(16)2/h3-10,20H,1-2H3. The fourth-order valence-electron chi connectivity index (χ4n) is 2.09. The van der Waals surface area contributed by atoms with Crippen molar-refractivity contribution in [1.82, 2.24) is 14.8 Å². The molecule has 130 valence electrons. The number of para-hydroxylation sites is 1. The van der Waals surface area contributed by atoms with Crippen molar-refractivity contribution in [2.75, 3.05) is 4.72 Å². The lowest BCUT2D eigenvalue weighted by molar-refractivity contribution is 0.601. The Labute approximate surface area is 158 Å². The van der Waals surface area contributed by atoms with Crippen LogP contribution >= 0.6 is 27.7 Å². The Kier molecular flexibility index (Phi) is 5.16. The number of halogens is 1. The van der Waals surface area contributed by atoms with E-state index in [2.05, 4.69) is 30.8 Å². The maximum absolute atomic E-state index is 12.7. The molecule has 0 amide bonds. The van der Waals surface area contributed by atoms with Crippen LogP contribution in [0.5, 0.6) is 0 Å². The van der Waals surface area contributed by atoms with Gasteiger partial charge >= 0.3 is 0 Å². The molecule has 3 rings (SSSR count). The Morgan fingerprint density at radius 2 is 1.96 bits per heavy atom. The molecule has 9 heteroatoms. The monoisotopic (exact) mass is 438 g/mol. The van der Waals surface area contributed by atoms with E-state index < -0.39 is 10.0 Å². The number of rotatable bonds is 5. The second-order valence-electron chi connectivity index (χ2n) is 5.34. The lowest BCUT2D eigenvalue weighted by Gasteiger charge is -2.12. The smallest absolute Gasteiger partial charge is 0.261 e. The van der Waals surface area contributed by atoms with Crippen molar-refractivity contribution in [2.45, 2.75) is 21.9 Å². The first-order valence-corrected chi connectivity index (χ1v) is 10.4. The maximum atomic E-state index is 12.7. The number of aryl methyl sites for hydroxylation is 2. The Bertz CT molecular complexity index is 1020. The number of aromatic nitrogens is 3. The summed E-state index contributed by atoms with van der Waals surface area (Å²) in [4.78, 5) is 0.961. The Morgan fingerprint density at radius 3 is 2.64 bits per heavy atom. The molecule has 6 nitrogen and oxygen atoms in total. The molecule has 1 N–H and O–H groups in total. The highest BCUT2D eigenvalue weighted by molar-refractivity contribution is 9.10. The molecule has 3 aromatic rings. The molecular formula is C16H15BrN4O2S2. The van der Waals surface area contributed by atoms with E-state index in [1.807, 2.05) is 26.1 Å². The van der Waals surface area contributed by atoms with Crippen LogP contribution in [0.4, 0.5) is 5.69 Å². The molecule has 0 aliphatic rings. The summed E-state index contributed by atoms with van der Waals surface area (Å²) in [5.41, 5.74) is 1.35.